The zero-order valence-electron chi connectivity index (χ0n) is 8.79. The molecular formula is C11H14ClNO2. The third-order valence-electron chi connectivity index (χ3n) is 2.11. The van der Waals surface area contributed by atoms with Gasteiger partial charge in [-0.1, -0.05) is 29.8 Å². The lowest BCUT2D eigenvalue weighted by Crippen LogP contribution is -2.32. The first-order valence-electron chi connectivity index (χ1n) is 4.72. The Hall–Kier alpha value is -1.06. The third-order valence-corrected chi connectivity index (χ3v) is 2.48. The van der Waals surface area contributed by atoms with E-state index < -0.39 is 0 Å². The Balaban J connectivity index is 2.51. The van der Waals surface area contributed by atoms with Crippen LogP contribution in [0.2, 0.25) is 5.02 Å². The van der Waals surface area contributed by atoms with Crippen LogP contribution in [0.5, 0.6) is 0 Å². The van der Waals surface area contributed by atoms with Crippen molar-refractivity contribution in [3.05, 3.63) is 34.9 Å². The molecule has 0 aliphatic rings. The Bertz CT molecular complexity index is 341. The molecule has 0 bridgehead atoms. The molecule has 1 unspecified atom stereocenters. The van der Waals surface area contributed by atoms with Crippen molar-refractivity contribution in [3.63, 3.8) is 0 Å². The Kier molecular flexibility index (Phi) is 4.59. The van der Waals surface area contributed by atoms with E-state index in [0.29, 0.717) is 5.02 Å². The van der Waals surface area contributed by atoms with Crippen LogP contribution in [0.15, 0.2) is 24.3 Å². The minimum Gasteiger partial charge on any atom is -0.460 e. The number of rotatable bonds is 4. The molecule has 1 aromatic rings. The van der Waals surface area contributed by atoms with Gasteiger partial charge in [0.05, 0.1) is 0 Å². The molecule has 1 atom stereocenters. The van der Waals surface area contributed by atoms with Crippen LogP contribution in [0.4, 0.5) is 0 Å². The number of likely N-dealkylation sites (N-methyl/N-ethyl adjacent to an activating group) is 1. The lowest BCUT2D eigenvalue weighted by atomic mass is 10.2. The highest BCUT2D eigenvalue weighted by atomic mass is 35.5. The van der Waals surface area contributed by atoms with E-state index in [4.69, 9.17) is 16.3 Å². The average molecular weight is 228 g/mol. The molecule has 82 valence electrons. The monoisotopic (exact) mass is 227 g/mol. The van der Waals surface area contributed by atoms with E-state index in [9.17, 15) is 4.79 Å². The van der Waals surface area contributed by atoms with Crippen molar-refractivity contribution >= 4 is 17.6 Å². The summed E-state index contributed by atoms with van der Waals surface area (Å²) in [5.74, 6) is -0.280. The highest BCUT2D eigenvalue weighted by molar-refractivity contribution is 6.31. The number of esters is 1. The maximum absolute atomic E-state index is 11.3. The maximum Gasteiger partial charge on any atom is 0.323 e. The number of carbonyl (C=O) groups is 1. The molecule has 1 rings (SSSR count). The van der Waals surface area contributed by atoms with Gasteiger partial charge in [-0.3, -0.25) is 4.79 Å². The van der Waals surface area contributed by atoms with E-state index in [2.05, 4.69) is 5.32 Å². The summed E-state index contributed by atoms with van der Waals surface area (Å²) < 4.78 is 5.08. The summed E-state index contributed by atoms with van der Waals surface area (Å²) in [4.78, 5) is 11.3. The van der Waals surface area contributed by atoms with E-state index in [1.165, 1.54) is 0 Å². The van der Waals surface area contributed by atoms with Crippen LogP contribution < -0.4 is 5.32 Å². The van der Waals surface area contributed by atoms with Crippen molar-refractivity contribution in [1.82, 2.24) is 5.32 Å². The zero-order valence-corrected chi connectivity index (χ0v) is 9.54. The maximum atomic E-state index is 11.3. The molecular weight excluding hydrogens is 214 g/mol. The van der Waals surface area contributed by atoms with Crippen LogP contribution in [0, 0.1) is 0 Å². The van der Waals surface area contributed by atoms with Crippen LogP contribution in [-0.4, -0.2) is 19.1 Å². The first-order valence-corrected chi connectivity index (χ1v) is 5.10. The molecule has 0 spiro atoms. The fraction of sp³-hybridized carbons (Fsp3) is 0.364. The van der Waals surface area contributed by atoms with Crippen molar-refractivity contribution in [2.24, 2.45) is 0 Å². The van der Waals surface area contributed by atoms with Gasteiger partial charge in [-0.25, -0.2) is 0 Å². The summed E-state index contributed by atoms with van der Waals surface area (Å²) in [5, 5.41) is 3.42. The topological polar surface area (TPSA) is 38.3 Å². The molecule has 0 fully saturated rings. The van der Waals surface area contributed by atoms with E-state index in [0.717, 1.165) is 5.56 Å². The molecule has 4 heteroatoms. The van der Waals surface area contributed by atoms with E-state index >= 15 is 0 Å². The lowest BCUT2D eigenvalue weighted by molar-refractivity contribution is -0.146. The van der Waals surface area contributed by atoms with Gasteiger partial charge in [0, 0.05) is 10.6 Å². The number of halogens is 1. The van der Waals surface area contributed by atoms with Crippen molar-refractivity contribution in [2.45, 2.75) is 19.6 Å². The number of ether oxygens (including phenoxy) is 1. The second-order valence-electron chi connectivity index (χ2n) is 3.21. The standard InChI is InChI=1S/C11H14ClNO2/c1-8(13-2)11(14)15-7-9-5-3-4-6-10(9)12/h3-6,8,13H,7H2,1-2H3. The molecule has 0 aliphatic carbocycles. The second-order valence-corrected chi connectivity index (χ2v) is 3.62. The summed E-state index contributed by atoms with van der Waals surface area (Å²) in [6, 6.07) is 7.00. The summed E-state index contributed by atoms with van der Waals surface area (Å²) in [7, 11) is 1.71. The number of hydrogen-bond acceptors (Lipinski definition) is 3. The summed E-state index contributed by atoms with van der Waals surface area (Å²) in [6.45, 7) is 1.96. The number of carbonyl (C=O) groups excluding carboxylic acids is 1. The van der Waals surface area contributed by atoms with E-state index in [1.807, 2.05) is 18.2 Å². The first-order chi connectivity index (χ1) is 7.15. The van der Waals surface area contributed by atoms with Gasteiger partial charge in [-0.2, -0.15) is 0 Å². The van der Waals surface area contributed by atoms with Crippen LogP contribution in [-0.2, 0) is 16.1 Å². The fourth-order valence-electron chi connectivity index (χ4n) is 1.01. The predicted octanol–water partition coefficient (Wildman–Crippen LogP) is 1.99. The fourth-order valence-corrected chi connectivity index (χ4v) is 1.20. The van der Waals surface area contributed by atoms with Crippen molar-refractivity contribution < 1.29 is 9.53 Å². The molecule has 0 radical (unpaired) electrons. The summed E-state index contributed by atoms with van der Waals surface area (Å²) in [6.07, 6.45) is 0. The third kappa shape index (κ3) is 3.53. The van der Waals surface area contributed by atoms with Crippen LogP contribution >= 0.6 is 11.6 Å². The molecule has 0 saturated heterocycles. The summed E-state index contributed by atoms with van der Waals surface area (Å²) in [5.41, 5.74) is 0.816. The molecule has 0 amide bonds. The van der Waals surface area contributed by atoms with Crippen molar-refractivity contribution in [1.29, 1.82) is 0 Å². The Labute approximate surface area is 94.4 Å². The minimum atomic E-state index is -0.299. The summed E-state index contributed by atoms with van der Waals surface area (Å²) >= 11 is 5.91. The second kappa shape index (κ2) is 5.73. The van der Waals surface area contributed by atoms with Gasteiger partial charge in [0.25, 0.3) is 0 Å². The van der Waals surface area contributed by atoms with Gasteiger partial charge >= 0.3 is 5.97 Å². The number of hydrogen-bond donors (Lipinski definition) is 1. The van der Waals surface area contributed by atoms with Crippen LogP contribution in [0.25, 0.3) is 0 Å². The molecule has 15 heavy (non-hydrogen) atoms. The van der Waals surface area contributed by atoms with Gasteiger partial charge in [0.1, 0.15) is 12.6 Å². The van der Waals surface area contributed by atoms with Gasteiger partial charge in [-0.05, 0) is 20.0 Å². The molecule has 1 N–H and O–H groups in total. The highest BCUT2D eigenvalue weighted by Crippen LogP contribution is 2.15. The number of nitrogens with one attached hydrogen (secondary N) is 1. The van der Waals surface area contributed by atoms with Crippen LogP contribution in [0.3, 0.4) is 0 Å². The Morgan fingerprint density at radius 1 is 1.53 bits per heavy atom. The van der Waals surface area contributed by atoms with Crippen LogP contribution in [0.1, 0.15) is 12.5 Å². The Morgan fingerprint density at radius 2 is 2.20 bits per heavy atom. The molecule has 0 aliphatic heterocycles. The smallest absolute Gasteiger partial charge is 0.323 e. The van der Waals surface area contributed by atoms with E-state index in [-0.39, 0.29) is 18.6 Å². The first kappa shape index (κ1) is 12.0. The zero-order chi connectivity index (χ0) is 11.3. The SMILES string of the molecule is CNC(C)C(=O)OCc1ccccc1Cl. The number of benzene rings is 1. The predicted molar refractivity (Wildman–Crippen MR) is 59.8 cm³/mol. The lowest BCUT2D eigenvalue weighted by Gasteiger charge is -2.10. The van der Waals surface area contributed by atoms with E-state index in [1.54, 1.807) is 20.0 Å². The average Bonchev–Trinajstić information content (AvgIpc) is 2.26. The van der Waals surface area contributed by atoms with Crippen molar-refractivity contribution in [3.8, 4) is 0 Å². The Morgan fingerprint density at radius 3 is 2.80 bits per heavy atom. The van der Waals surface area contributed by atoms with Gasteiger partial charge in [0.15, 0.2) is 0 Å². The quantitative estimate of drug-likeness (QED) is 0.800. The van der Waals surface area contributed by atoms with Crippen molar-refractivity contribution in [2.75, 3.05) is 7.05 Å². The molecule has 0 saturated carbocycles. The van der Waals surface area contributed by atoms with Gasteiger partial charge in [0.2, 0.25) is 0 Å². The molecule has 1 aromatic carbocycles. The molecule has 3 nitrogen and oxygen atoms in total. The minimum absolute atomic E-state index is 0.213. The van der Waals surface area contributed by atoms with Gasteiger partial charge in [-0.15, -0.1) is 0 Å². The largest absolute Gasteiger partial charge is 0.460 e. The van der Waals surface area contributed by atoms with Gasteiger partial charge < -0.3 is 10.1 Å². The highest BCUT2D eigenvalue weighted by Gasteiger charge is 2.12. The molecule has 0 aromatic heterocycles. The molecule has 0 heterocycles. The normalized spacial score (nSPS) is 12.2.